The number of rotatable bonds is 9. The van der Waals surface area contributed by atoms with Crippen LogP contribution in [0, 0.1) is 18.7 Å². The topological polar surface area (TPSA) is 83.6 Å². The van der Waals surface area contributed by atoms with Crippen molar-refractivity contribution in [2.75, 3.05) is 25.9 Å². The van der Waals surface area contributed by atoms with Crippen molar-refractivity contribution in [1.29, 1.82) is 0 Å². The lowest BCUT2D eigenvalue weighted by atomic mass is 10.1. The predicted octanol–water partition coefficient (Wildman–Crippen LogP) is 1.72. The monoisotopic (exact) mass is 380 g/mol. The zero-order valence-corrected chi connectivity index (χ0v) is 16.0. The summed E-state index contributed by atoms with van der Waals surface area (Å²) in [5.41, 5.74) is 0.229. The summed E-state index contributed by atoms with van der Waals surface area (Å²) in [6, 6.07) is 3.51. The fourth-order valence-electron chi connectivity index (χ4n) is 2.02. The van der Waals surface area contributed by atoms with E-state index in [0.717, 1.165) is 12.3 Å². The molecule has 1 aromatic rings. The lowest BCUT2D eigenvalue weighted by Gasteiger charge is -2.21. The van der Waals surface area contributed by atoms with E-state index in [0.29, 0.717) is 18.9 Å². The summed E-state index contributed by atoms with van der Waals surface area (Å²) in [4.78, 5) is -0.0468. The summed E-state index contributed by atoms with van der Waals surface area (Å²) in [6.45, 7) is 5.79. The molecule has 138 valence electrons. The molecule has 0 bridgehead atoms. The Morgan fingerprint density at radius 3 is 2.29 bits per heavy atom. The molecule has 24 heavy (non-hydrogen) atoms. The lowest BCUT2D eigenvalue weighted by Crippen LogP contribution is -2.38. The van der Waals surface area contributed by atoms with Crippen molar-refractivity contribution in [1.82, 2.24) is 9.03 Å². The number of halogens is 1. The van der Waals surface area contributed by atoms with Gasteiger partial charge in [-0.25, -0.2) is 30.3 Å². The second-order valence-electron chi connectivity index (χ2n) is 6.15. The first-order valence-electron chi connectivity index (χ1n) is 7.64. The van der Waals surface area contributed by atoms with Crippen molar-refractivity contribution in [3.63, 3.8) is 0 Å². The summed E-state index contributed by atoms with van der Waals surface area (Å²) < 4.78 is 64.7. The molecule has 1 N–H and O–H groups in total. The minimum Gasteiger partial charge on any atom is -0.213 e. The highest BCUT2D eigenvalue weighted by atomic mass is 32.2. The van der Waals surface area contributed by atoms with Crippen molar-refractivity contribution in [3.05, 3.63) is 29.6 Å². The molecule has 6 nitrogen and oxygen atoms in total. The van der Waals surface area contributed by atoms with E-state index in [-0.39, 0.29) is 23.5 Å². The average molecular weight is 381 g/mol. The molecule has 0 aliphatic heterocycles. The zero-order valence-electron chi connectivity index (χ0n) is 14.4. The van der Waals surface area contributed by atoms with E-state index in [9.17, 15) is 21.2 Å². The summed E-state index contributed by atoms with van der Waals surface area (Å²) in [5, 5.41) is 0. The van der Waals surface area contributed by atoms with Crippen LogP contribution in [0.15, 0.2) is 23.1 Å². The number of sulfonamides is 2. The van der Waals surface area contributed by atoms with Gasteiger partial charge in [0.15, 0.2) is 0 Å². The fourth-order valence-corrected chi connectivity index (χ4v) is 3.98. The van der Waals surface area contributed by atoms with Crippen LogP contribution in [0.1, 0.15) is 25.8 Å². The quantitative estimate of drug-likeness (QED) is 0.707. The Morgan fingerprint density at radius 1 is 1.17 bits per heavy atom. The molecule has 0 aliphatic carbocycles. The maximum atomic E-state index is 13.2. The molecule has 0 fully saturated rings. The second kappa shape index (κ2) is 8.37. The molecule has 0 heterocycles. The van der Waals surface area contributed by atoms with Gasteiger partial charge in [-0.3, -0.25) is 0 Å². The highest BCUT2D eigenvalue weighted by Gasteiger charge is 2.19. The van der Waals surface area contributed by atoms with Crippen LogP contribution in [0.3, 0.4) is 0 Å². The van der Waals surface area contributed by atoms with E-state index in [4.69, 9.17) is 0 Å². The van der Waals surface area contributed by atoms with Crippen LogP contribution in [0.5, 0.6) is 0 Å². The van der Waals surface area contributed by atoms with Gasteiger partial charge in [0.2, 0.25) is 20.0 Å². The van der Waals surface area contributed by atoms with Crippen LogP contribution in [-0.2, 0) is 20.0 Å². The molecule has 0 radical (unpaired) electrons. The van der Waals surface area contributed by atoms with Gasteiger partial charge in [-0.2, -0.15) is 0 Å². The summed E-state index contributed by atoms with van der Waals surface area (Å²) in [6.07, 6.45) is 1.79. The molecule has 0 spiro atoms. The van der Waals surface area contributed by atoms with Gasteiger partial charge in [-0.05, 0) is 43.0 Å². The van der Waals surface area contributed by atoms with Crippen LogP contribution in [0.4, 0.5) is 4.39 Å². The van der Waals surface area contributed by atoms with Crippen molar-refractivity contribution in [2.45, 2.75) is 32.1 Å². The van der Waals surface area contributed by atoms with Gasteiger partial charge in [-0.15, -0.1) is 0 Å². The first-order valence-corrected chi connectivity index (χ1v) is 11.0. The Morgan fingerprint density at radius 2 is 1.79 bits per heavy atom. The van der Waals surface area contributed by atoms with Gasteiger partial charge >= 0.3 is 0 Å². The number of nitrogens with one attached hydrogen (secondary N) is 1. The van der Waals surface area contributed by atoms with Crippen molar-refractivity contribution in [3.8, 4) is 0 Å². The number of nitrogens with zero attached hydrogens (tertiary/aromatic N) is 1. The molecule has 1 aromatic carbocycles. The van der Waals surface area contributed by atoms with Crippen LogP contribution in [0.25, 0.3) is 0 Å². The SMILES string of the molecule is Cc1cc(S(=O)(=O)NCCN(CCC(C)C)S(C)(=O)=O)ccc1F. The van der Waals surface area contributed by atoms with Crippen LogP contribution >= 0.6 is 0 Å². The molecular weight excluding hydrogens is 355 g/mol. The summed E-state index contributed by atoms with van der Waals surface area (Å²) in [5.74, 6) is -0.140. The molecule has 0 aliphatic rings. The average Bonchev–Trinajstić information content (AvgIpc) is 2.43. The molecule has 0 unspecified atom stereocenters. The lowest BCUT2D eigenvalue weighted by molar-refractivity contribution is 0.385. The minimum atomic E-state index is -3.81. The third-order valence-corrected chi connectivity index (χ3v) is 6.28. The second-order valence-corrected chi connectivity index (χ2v) is 9.90. The third kappa shape index (κ3) is 6.46. The Balaban J connectivity index is 2.73. The van der Waals surface area contributed by atoms with Gasteiger partial charge in [0, 0.05) is 19.6 Å². The molecule has 0 atom stereocenters. The number of hydrogen-bond donors (Lipinski definition) is 1. The number of aryl methyl sites for hydroxylation is 1. The Hall–Kier alpha value is -1.03. The molecule has 0 amide bonds. The molecule has 0 aromatic heterocycles. The highest BCUT2D eigenvalue weighted by Crippen LogP contribution is 2.14. The third-order valence-electron chi connectivity index (χ3n) is 3.52. The van der Waals surface area contributed by atoms with Gasteiger partial charge in [0.1, 0.15) is 5.82 Å². The summed E-state index contributed by atoms with van der Waals surface area (Å²) >= 11 is 0. The van der Waals surface area contributed by atoms with E-state index in [1.165, 1.54) is 23.4 Å². The fraction of sp³-hybridized carbons (Fsp3) is 0.600. The first kappa shape index (κ1) is 21.0. The van der Waals surface area contributed by atoms with E-state index in [1.807, 2.05) is 13.8 Å². The number of benzene rings is 1. The molecule has 0 saturated heterocycles. The largest absolute Gasteiger partial charge is 0.240 e. The molecular formula is C15H25FN2O4S2. The molecule has 0 saturated carbocycles. The maximum Gasteiger partial charge on any atom is 0.240 e. The van der Waals surface area contributed by atoms with E-state index in [2.05, 4.69) is 4.72 Å². The first-order chi connectivity index (χ1) is 10.9. The number of hydrogen-bond acceptors (Lipinski definition) is 4. The predicted molar refractivity (Wildman–Crippen MR) is 92.2 cm³/mol. The Bertz CT molecular complexity index is 762. The minimum absolute atomic E-state index is 0.0466. The van der Waals surface area contributed by atoms with Gasteiger partial charge in [0.25, 0.3) is 0 Å². The zero-order chi connectivity index (χ0) is 18.5. The standard InChI is InChI=1S/C15H25FN2O4S2/c1-12(2)7-9-18(23(4,19)20)10-8-17-24(21,22)14-5-6-15(16)13(3)11-14/h5-6,11-12,17H,7-10H2,1-4H3. The van der Waals surface area contributed by atoms with Crippen LogP contribution in [-0.4, -0.2) is 47.0 Å². The van der Waals surface area contributed by atoms with Crippen molar-refractivity contribution >= 4 is 20.0 Å². The normalized spacial score (nSPS) is 13.0. The van der Waals surface area contributed by atoms with E-state index in [1.54, 1.807) is 0 Å². The maximum absolute atomic E-state index is 13.2. The van der Waals surface area contributed by atoms with Gasteiger partial charge in [-0.1, -0.05) is 13.8 Å². The van der Waals surface area contributed by atoms with Crippen molar-refractivity contribution in [2.24, 2.45) is 5.92 Å². The van der Waals surface area contributed by atoms with Crippen molar-refractivity contribution < 1.29 is 21.2 Å². The van der Waals surface area contributed by atoms with Crippen LogP contribution < -0.4 is 4.72 Å². The Kier molecular flexibility index (Phi) is 7.33. The van der Waals surface area contributed by atoms with E-state index >= 15 is 0 Å². The Labute approximate surface area is 144 Å². The highest BCUT2D eigenvalue weighted by molar-refractivity contribution is 7.89. The smallest absolute Gasteiger partial charge is 0.213 e. The molecule has 9 heteroatoms. The van der Waals surface area contributed by atoms with E-state index < -0.39 is 25.9 Å². The molecule has 1 rings (SSSR count). The summed E-state index contributed by atoms with van der Waals surface area (Å²) in [7, 11) is -7.22. The van der Waals surface area contributed by atoms with Gasteiger partial charge in [0.05, 0.1) is 11.2 Å². The van der Waals surface area contributed by atoms with Crippen LogP contribution in [0.2, 0.25) is 0 Å². The van der Waals surface area contributed by atoms with Gasteiger partial charge < -0.3 is 0 Å².